The number of aliphatic carboxylic acids is 1. The summed E-state index contributed by atoms with van der Waals surface area (Å²) in [5, 5.41) is 20.5. The largest absolute Gasteiger partial charge is 0.481 e. The zero-order valence-corrected chi connectivity index (χ0v) is 14.2. The maximum Gasteiger partial charge on any atom is 0.303 e. The van der Waals surface area contributed by atoms with Crippen LogP contribution in [-0.4, -0.2) is 94.9 Å². The monoisotopic (exact) mass is 365 g/mol. The van der Waals surface area contributed by atoms with Gasteiger partial charge in [0.15, 0.2) is 0 Å². The lowest BCUT2D eigenvalue weighted by Gasteiger charge is -2.10. The first-order valence-corrected chi connectivity index (χ1v) is 7.96. The molecule has 0 aliphatic heterocycles. The van der Waals surface area contributed by atoms with Crippen molar-refractivity contribution in [3.05, 3.63) is 10.4 Å². The first-order valence-electron chi connectivity index (χ1n) is 7.96. The minimum atomic E-state index is -1.05. The summed E-state index contributed by atoms with van der Waals surface area (Å²) in [7, 11) is 0. The molecule has 0 rings (SSSR count). The van der Waals surface area contributed by atoms with Gasteiger partial charge >= 0.3 is 5.97 Å². The molecule has 0 aromatic rings. The molecular formula is C14H27N3O8. The third-order valence-corrected chi connectivity index (χ3v) is 2.66. The lowest BCUT2D eigenvalue weighted by atomic mass is 10.2. The van der Waals surface area contributed by atoms with Crippen LogP contribution in [0.5, 0.6) is 0 Å². The van der Waals surface area contributed by atoms with Gasteiger partial charge in [0.25, 0.3) is 0 Å². The molecule has 0 aromatic heterocycles. The molecule has 2 N–H and O–H groups in total. The summed E-state index contributed by atoms with van der Waals surface area (Å²) in [5.41, 5.74) is 8.32. The Morgan fingerprint density at radius 3 is 1.72 bits per heavy atom. The molecule has 0 saturated carbocycles. The summed E-state index contributed by atoms with van der Waals surface area (Å²) >= 11 is 0. The fraction of sp³-hybridized carbons (Fsp3) is 0.929. The molecule has 0 aromatic carbocycles. The fourth-order valence-corrected chi connectivity index (χ4v) is 1.57. The van der Waals surface area contributed by atoms with Crippen LogP contribution in [0.25, 0.3) is 10.4 Å². The van der Waals surface area contributed by atoms with Gasteiger partial charge in [0.1, 0.15) is 0 Å². The molecule has 1 atom stereocenters. The molecule has 0 heterocycles. The summed E-state index contributed by atoms with van der Waals surface area (Å²) in [6, 6.07) is -0.722. The number of aliphatic hydroxyl groups excluding tert-OH is 1. The van der Waals surface area contributed by atoms with Crippen LogP contribution >= 0.6 is 0 Å². The van der Waals surface area contributed by atoms with Crippen molar-refractivity contribution in [2.75, 3.05) is 72.7 Å². The second-order valence-corrected chi connectivity index (χ2v) is 4.70. The van der Waals surface area contributed by atoms with E-state index in [4.69, 9.17) is 39.4 Å². The van der Waals surface area contributed by atoms with Gasteiger partial charge in [-0.2, -0.15) is 0 Å². The van der Waals surface area contributed by atoms with Crippen LogP contribution < -0.4 is 0 Å². The minimum Gasteiger partial charge on any atom is -0.481 e. The van der Waals surface area contributed by atoms with E-state index in [1.807, 2.05) is 0 Å². The van der Waals surface area contributed by atoms with Crippen molar-refractivity contribution >= 4 is 5.97 Å². The third kappa shape index (κ3) is 18.7. The van der Waals surface area contributed by atoms with E-state index in [9.17, 15) is 4.79 Å². The van der Waals surface area contributed by atoms with E-state index in [0.717, 1.165) is 0 Å². The van der Waals surface area contributed by atoms with Gasteiger partial charge in [-0.15, -0.1) is 0 Å². The Morgan fingerprint density at radius 1 is 0.880 bits per heavy atom. The summed E-state index contributed by atoms with van der Waals surface area (Å²) < 4.78 is 26.0. The molecule has 0 fully saturated rings. The predicted molar refractivity (Wildman–Crippen MR) is 86.4 cm³/mol. The lowest BCUT2D eigenvalue weighted by molar-refractivity contribution is -0.137. The highest BCUT2D eigenvalue weighted by atomic mass is 16.6. The van der Waals surface area contributed by atoms with Crippen LogP contribution in [-0.2, 0) is 28.5 Å². The number of carboxylic acids is 1. The highest BCUT2D eigenvalue weighted by Gasteiger charge is 2.11. The van der Waals surface area contributed by atoms with Gasteiger partial charge < -0.3 is 33.9 Å². The highest BCUT2D eigenvalue weighted by Crippen LogP contribution is 2.00. The third-order valence-electron chi connectivity index (χ3n) is 2.66. The predicted octanol–water partition coefficient (Wildman–Crippen LogP) is 0.215. The van der Waals surface area contributed by atoms with Crippen molar-refractivity contribution in [1.82, 2.24) is 0 Å². The maximum atomic E-state index is 10.5. The second-order valence-electron chi connectivity index (χ2n) is 4.70. The number of carbonyl (C=O) groups is 1. The normalized spacial score (nSPS) is 11.9. The van der Waals surface area contributed by atoms with Crippen molar-refractivity contribution in [3.8, 4) is 0 Å². The smallest absolute Gasteiger partial charge is 0.303 e. The fourth-order valence-electron chi connectivity index (χ4n) is 1.57. The minimum absolute atomic E-state index is 0.00483. The first-order chi connectivity index (χ1) is 12.2. The second kappa shape index (κ2) is 18.9. The molecule has 0 radical (unpaired) electrons. The average molecular weight is 365 g/mol. The van der Waals surface area contributed by atoms with Crippen LogP contribution in [0.1, 0.15) is 6.42 Å². The van der Waals surface area contributed by atoms with E-state index in [0.29, 0.717) is 52.9 Å². The Kier molecular flexibility index (Phi) is 17.8. The molecule has 0 amide bonds. The van der Waals surface area contributed by atoms with Crippen molar-refractivity contribution in [2.24, 2.45) is 5.11 Å². The summed E-state index contributed by atoms with van der Waals surface area (Å²) in [6.07, 6.45) is -0.269. The van der Waals surface area contributed by atoms with Crippen LogP contribution in [0.4, 0.5) is 0 Å². The zero-order chi connectivity index (χ0) is 18.6. The Labute approximate surface area is 146 Å². The zero-order valence-electron chi connectivity index (χ0n) is 14.2. The number of azide groups is 1. The number of nitrogens with zero attached hydrogens (tertiary/aromatic N) is 3. The topological polar surface area (TPSA) is 152 Å². The van der Waals surface area contributed by atoms with Gasteiger partial charge in [0, 0.05) is 4.91 Å². The molecule has 0 bridgehead atoms. The number of hydrogen-bond acceptors (Lipinski definition) is 8. The molecule has 0 aliphatic rings. The number of aliphatic hydroxyl groups is 1. The van der Waals surface area contributed by atoms with Gasteiger partial charge in [-0.1, -0.05) is 5.11 Å². The van der Waals surface area contributed by atoms with Crippen molar-refractivity contribution < 1.29 is 38.7 Å². The molecule has 0 saturated heterocycles. The van der Waals surface area contributed by atoms with Gasteiger partial charge in [-0.3, -0.25) is 4.79 Å². The van der Waals surface area contributed by atoms with E-state index in [1.165, 1.54) is 0 Å². The molecule has 1 unspecified atom stereocenters. The van der Waals surface area contributed by atoms with Crippen molar-refractivity contribution in [1.29, 1.82) is 0 Å². The standard InChI is InChI=1S/C14H27N3O8/c15-17-16-13(11-14(19)20)12-25-10-9-24-8-7-23-6-5-22-4-3-21-2-1-18/h13,18H,1-12H2,(H,19,20). The lowest BCUT2D eigenvalue weighted by Crippen LogP contribution is -2.19. The molecule has 11 nitrogen and oxygen atoms in total. The molecular weight excluding hydrogens is 338 g/mol. The van der Waals surface area contributed by atoms with E-state index in [1.54, 1.807) is 0 Å². The Balaban J connectivity index is 3.27. The van der Waals surface area contributed by atoms with Crippen LogP contribution in [0.3, 0.4) is 0 Å². The Hall–Kier alpha value is -1.46. The van der Waals surface area contributed by atoms with E-state index in [2.05, 4.69) is 10.0 Å². The summed E-state index contributed by atoms with van der Waals surface area (Å²) in [5.74, 6) is -1.05. The van der Waals surface area contributed by atoms with Gasteiger partial charge in [-0.05, 0) is 5.53 Å². The maximum absolute atomic E-state index is 10.5. The van der Waals surface area contributed by atoms with Crippen molar-refractivity contribution in [2.45, 2.75) is 12.5 Å². The number of carboxylic acid groups (broad SMARTS) is 1. The number of hydrogen-bond donors (Lipinski definition) is 2. The van der Waals surface area contributed by atoms with E-state index >= 15 is 0 Å². The van der Waals surface area contributed by atoms with Crippen LogP contribution in [0.15, 0.2) is 5.11 Å². The molecule has 146 valence electrons. The Bertz CT molecular complexity index is 366. The summed E-state index contributed by atoms with van der Waals surface area (Å²) in [4.78, 5) is 13.1. The van der Waals surface area contributed by atoms with Gasteiger partial charge in [0.2, 0.25) is 0 Å². The van der Waals surface area contributed by atoms with Crippen molar-refractivity contribution in [3.63, 3.8) is 0 Å². The SMILES string of the molecule is [N-]=[N+]=NC(COCCOCCOCCOCCOCCO)CC(=O)O. The van der Waals surface area contributed by atoms with Gasteiger partial charge in [-0.25, -0.2) is 0 Å². The van der Waals surface area contributed by atoms with Crippen LogP contribution in [0.2, 0.25) is 0 Å². The van der Waals surface area contributed by atoms with Gasteiger partial charge in [0.05, 0.1) is 85.1 Å². The quantitative estimate of drug-likeness (QED) is 0.143. The first kappa shape index (κ1) is 23.5. The summed E-state index contributed by atoms with van der Waals surface area (Å²) in [6.45, 7) is 3.58. The molecule has 0 spiro atoms. The van der Waals surface area contributed by atoms with E-state index in [-0.39, 0.29) is 26.2 Å². The Morgan fingerprint density at radius 2 is 1.32 bits per heavy atom. The van der Waals surface area contributed by atoms with Crippen LogP contribution in [0, 0.1) is 0 Å². The molecule has 25 heavy (non-hydrogen) atoms. The highest BCUT2D eigenvalue weighted by molar-refractivity contribution is 5.67. The molecule has 0 aliphatic carbocycles. The number of rotatable bonds is 19. The number of ether oxygens (including phenoxy) is 5. The molecule has 11 heteroatoms. The average Bonchev–Trinajstić information content (AvgIpc) is 2.58. The van der Waals surface area contributed by atoms with E-state index < -0.39 is 12.0 Å².